The van der Waals surface area contributed by atoms with Gasteiger partial charge in [-0.05, 0) is 48.5 Å². The highest BCUT2D eigenvalue weighted by Gasteiger charge is 2.60. The lowest BCUT2D eigenvalue weighted by molar-refractivity contribution is -0.302. The van der Waals surface area contributed by atoms with Gasteiger partial charge in [-0.2, -0.15) is 82.6 Å². The minimum Gasteiger partial charge on any atom is -0.440 e. The Balaban J connectivity index is 1.28. The quantitative estimate of drug-likeness (QED) is 0.109. The molecule has 1 aliphatic rings. The van der Waals surface area contributed by atoms with Crippen LogP contribution in [0.3, 0.4) is 0 Å². The van der Waals surface area contributed by atoms with E-state index in [1.54, 1.807) is 121 Å². The lowest BCUT2D eigenvalue weighted by Gasteiger charge is -2.35. The summed E-state index contributed by atoms with van der Waals surface area (Å²) in [5.41, 5.74) is 1.36. The van der Waals surface area contributed by atoms with Crippen LogP contribution in [0.5, 0.6) is 12.0 Å². The summed E-state index contributed by atoms with van der Waals surface area (Å²) < 4.78 is 174. The van der Waals surface area contributed by atoms with Crippen LogP contribution >= 0.6 is 0 Å². The van der Waals surface area contributed by atoms with Gasteiger partial charge in [0.15, 0.2) is 0 Å². The van der Waals surface area contributed by atoms with E-state index in [1.807, 2.05) is 0 Å². The van der Waals surface area contributed by atoms with E-state index in [0.717, 1.165) is 0 Å². The van der Waals surface area contributed by atoms with Gasteiger partial charge in [-0.25, -0.2) is 0 Å². The highest BCUT2D eigenvalue weighted by Crippen LogP contribution is 2.40. The molecule has 0 N–H and O–H groups in total. The molecular weight excluding hydrogens is 880 g/mol. The summed E-state index contributed by atoms with van der Waals surface area (Å²) in [5, 5.41) is 0. The third-order valence-corrected chi connectivity index (χ3v) is 9.12. The van der Waals surface area contributed by atoms with E-state index < -0.39 is 72.7 Å². The Labute approximate surface area is 354 Å². The molecule has 64 heavy (non-hydrogen) atoms. The van der Waals surface area contributed by atoms with Crippen LogP contribution in [0.25, 0.3) is 0 Å². The third-order valence-electron chi connectivity index (χ3n) is 9.12. The number of hydrogen-bond donors (Lipinski definition) is 0. The van der Waals surface area contributed by atoms with Gasteiger partial charge in [-0.15, -0.1) is 0 Å². The minimum atomic E-state index is -5.95. The lowest BCUT2D eigenvalue weighted by atomic mass is 10.2. The number of alkyl halides is 12. The summed E-state index contributed by atoms with van der Waals surface area (Å²) >= 11 is 0. The molecule has 0 atom stereocenters. The Morgan fingerprint density at radius 2 is 0.625 bits per heavy atom. The van der Waals surface area contributed by atoms with Crippen molar-refractivity contribution >= 4 is 46.5 Å². The second kappa shape index (κ2) is 17.9. The molecule has 2 aromatic heterocycles. The summed E-state index contributed by atoms with van der Waals surface area (Å²) in [6.07, 6.45) is -32.5. The first-order valence-electron chi connectivity index (χ1n) is 18.7. The summed E-state index contributed by atoms with van der Waals surface area (Å²) in [6, 6.07) is 29.5. The van der Waals surface area contributed by atoms with Crippen molar-refractivity contribution in [3.63, 3.8) is 0 Å². The zero-order valence-electron chi connectivity index (χ0n) is 32.4. The van der Waals surface area contributed by atoms with Gasteiger partial charge in [0.05, 0.1) is 0 Å². The molecule has 0 spiro atoms. The molecule has 24 heteroatoms. The average molecular weight is 911 g/mol. The van der Waals surface area contributed by atoms with E-state index in [9.17, 15) is 52.7 Å². The Morgan fingerprint density at radius 3 is 0.859 bits per heavy atom. The highest BCUT2D eigenvalue weighted by atomic mass is 19.4. The topological polar surface area (TPSA) is 109 Å². The molecule has 0 saturated carbocycles. The summed E-state index contributed by atoms with van der Waals surface area (Å²) in [5.74, 6) is -1.79. The molecule has 12 nitrogen and oxygen atoms in total. The third kappa shape index (κ3) is 10.5. The zero-order chi connectivity index (χ0) is 45.9. The smallest absolute Gasteiger partial charge is 0.434 e. The number of aromatic nitrogens is 6. The molecule has 0 aliphatic carbocycles. The molecule has 0 radical (unpaired) electrons. The summed E-state index contributed by atoms with van der Waals surface area (Å²) in [4.78, 5) is 29.7. The fraction of sp³-hybridized carbons (Fsp3) is 0.250. The SMILES string of the molecule is FC(F)(F)C(Oc1nc(N2CCN(c3nc(OC(C(F)(F)F)C(F)(F)F)nc(N(c4ccccc4)c4ccccc4)n3)CC2)nc(N(c2ccccc2)c2ccccc2)n1)C(F)(F)F. The molecule has 7 rings (SSSR count). The van der Waals surface area contributed by atoms with Crippen LogP contribution < -0.4 is 29.1 Å². The van der Waals surface area contributed by atoms with Crippen LogP contribution in [0, 0.1) is 0 Å². The monoisotopic (exact) mass is 910 g/mol. The molecule has 6 aromatic rings. The van der Waals surface area contributed by atoms with Gasteiger partial charge in [0, 0.05) is 48.9 Å². The van der Waals surface area contributed by atoms with Crippen LogP contribution in [-0.4, -0.2) is 93.0 Å². The van der Waals surface area contributed by atoms with Crippen molar-refractivity contribution in [2.75, 3.05) is 45.8 Å². The van der Waals surface area contributed by atoms with Gasteiger partial charge in [-0.1, -0.05) is 72.8 Å². The van der Waals surface area contributed by atoms with Crippen molar-refractivity contribution in [2.45, 2.75) is 36.9 Å². The van der Waals surface area contributed by atoms with E-state index in [-0.39, 0.29) is 26.2 Å². The molecule has 1 fully saturated rings. The van der Waals surface area contributed by atoms with Crippen molar-refractivity contribution in [3.05, 3.63) is 121 Å². The Bertz CT molecular complexity index is 2180. The number of hydrogen-bond acceptors (Lipinski definition) is 12. The number of nitrogens with zero attached hydrogens (tertiary/aromatic N) is 10. The summed E-state index contributed by atoms with van der Waals surface area (Å²) in [7, 11) is 0. The maximum atomic E-state index is 13.8. The van der Waals surface area contributed by atoms with Gasteiger partial charge in [0.25, 0.3) is 12.2 Å². The zero-order valence-corrected chi connectivity index (χ0v) is 32.4. The second-order valence-electron chi connectivity index (χ2n) is 13.6. The van der Waals surface area contributed by atoms with Crippen molar-refractivity contribution < 1.29 is 62.2 Å². The first kappa shape index (κ1) is 44.9. The van der Waals surface area contributed by atoms with Crippen molar-refractivity contribution in [2.24, 2.45) is 0 Å². The van der Waals surface area contributed by atoms with Gasteiger partial charge >= 0.3 is 36.7 Å². The highest BCUT2D eigenvalue weighted by molar-refractivity contribution is 5.74. The van der Waals surface area contributed by atoms with Crippen molar-refractivity contribution in [1.29, 1.82) is 0 Å². The molecule has 0 unspecified atom stereocenters. The molecule has 336 valence electrons. The second-order valence-corrected chi connectivity index (χ2v) is 13.6. The van der Waals surface area contributed by atoms with Gasteiger partial charge in [0.1, 0.15) is 0 Å². The normalized spacial score (nSPS) is 13.9. The average Bonchev–Trinajstić information content (AvgIpc) is 3.25. The largest absolute Gasteiger partial charge is 0.440 e. The van der Waals surface area contributed by atoms with E-state index in [2.05, 4.69) is 39.4 Å². The first-order valence-corrected chi connectivity index (χ1v) is 18.7. The molecule has 0 amide bonds. The Morgan fingerprint density at radius 1 is 0.375 bits per heavy atom. The number of piperazine rings is 1. The van der Waals surface area contributed by atoms with E-state index >= 15 is 0 Å². The number of ether oxygens (including phenoxy) is 2. The van der Waals surface area contributed by atoms with E-state index in [1.165, 1.54) is 19.6 Å². The predicted octanol–water partition coefficient (Wildman–Crippen LogP) is 10.1. The summed E-state index contributed by atoms with van der Waals surface area (Å²) in [6.45, 7) is -0.859. The number of halogens is 12. The predicted molar refractivity (Wildman–Crippen MR) is 206 cm³/mol. The fourth-order valence-electron chi connectivity index (χ4n) is 6.28. The molecule has 3 heterocycles. The Hall–Kier alpha value is -7.14. The van der Waals surface area contributed by atoms with Gasteiger partial charge in [-0.3, -0.25) is 9.80 Å². The van der Waals surface area contributed by atoms with Crippen LogP contribution in [0.4, 0.5) is 99.2 Å². The van der Waals surface area contributed by atoms with Crippen LogP contribution in [-0.2, 0) is 0 Å². The number of rotatable bonds is 12. The first-order chi connectivity index (χ1) is 30.3. The molecule has 1 saturated heterocycles. The molecule has 0 bridgehead atoms. The Kier molecular flexibility index (Phi) is 12.6. The van der Waals surface area contributed by atoms with E-state index in [4.69, 9.17) is 0 Å². The standard InChI is InChI=1S/C40H30F12N10O2/c41-37(42,43)29(38(44,45)46)63-35-55-31(53-33(57-35)61(25-13-5-1-6-14-25)26-15-7-2-8-16-26)59-21-23-60(24-22-59)32-54-34(58-36(56-32)64-30(39(47,48)49)40(50,51)52)62(27-17-9-3-10-18-27)28-19-11-4-12-20-28/h1-20,29-30H,21-24H2. The van der Waals surface area contributed by atoms with Gasteiger partial charge < -0.3 is 19.3 Å². The number of benzene rings is 4. The van der Waals surface area contributed by atoms with E-state index in [0.29, 0.717) is 22.7 Å². The fourth-order valence-corrected chi connectivity index (χ4v) is 6.28. The van der Waals surface area contributed by atoms with Crippen molar-refractivity contribution in [3.8, 4) is 12.0 Å². The van der Waals surface area contributed by atoms with Crippen LogP contribution in [0.1, 0.15) is 0 Å². The minimum absolute atomic E-state index is 0.215. The van der Waals surface area contributed by atoms with Crippen LogP contribution in [0.15, 0.2) is 121 Å². The molecular formula is C40H30F12N10O2. The van der Waals surface area contributed by atoms with Gasteiger partial charge in [0.2, 0.25) is 23.8 Å². The molecule has 1 aliphatic heterocycles. The maximum Gasteiger partial charge on any atom is 0.434 e. The number of anilines is 8. The number of para-hydroxylation sites is 4. The van der Waals surface area contributed by atoms with Crippen molar-refractivity contribution in [1.82, 2.24) is 29.9 Å². The van der Waals surface area contributed by atoms with Crippen LogP contribution in [0.2, 0.25) is 0 Å². The molecule has 4 aromatic carbocycles. The lowest BCUT2D eigenvalue weighted by Crippen LogP contribution is -2.49. The maximum absolute atomic E-state index is 13.8.